The molecule has 1 heterocycles. The fourth-order valence-corrected chi connectivity index (χ4v) is 2.64. The third-order valence-corrected chi connectivity index (χ3v) is 3.69. The van der Waals surface area contributed by atoms with E-state index in [0.29, 0.717) is 21.8 Å². The number of carbonyl (C=O) groups is 1. The molecule has 0 saturated carbocycles. The van der Waals surface area contributed by atoms with Gasteiger partial charge < -0.3 is 24.6 Å². The molecule has 1 aromatic heterocycles. The summed E-state index contributed by atoms with van der Waals surface area (Å²) in [7, 11) is 4.40. The number of ether oxygens (including phenoxy) is 3. The molecule has 0 aliphatic heterocycles. The standard InChI is InChI=1S/C17H20ClN3O5/c1-9(22)19-15-10(8-24-2)5-11(18)6-12(15)16(23)17-20-13(25-3)7-14(21-17)26-4/h5-7,16,23H,8H2,1-4H3,(H,19,22). The topological polar surface area (TPSA) is 103 Å². The van der Waals surface area contributed by atoms with E-state index >= 15 is 0 Å². The van der Waals surface area contributed by atoms with Crippen LogP contribution in [0.15, 0.2) is 18.2 Å². The first-order chi connectivity index (χ1) is 12.4. The van der Waals surface area contributed by atoms with Crippen LogP contribution < -0.4 is 14.8 Å². The zero-order chi connectivity index (χ0) is 19.3. The van der Waals surface area contributed by atoms with E-state index in [0.717, 1.165) is 0 Å². The molecule has 0 saturated heterocycles. The van der Waals surface area contributed by atoms with Crippen LogP contribution >= 0.6 is 11.6 Å². The highest BCUT2D eigenvalue weighted by Crippen LogP contribution is 2.34. The Morgan fingerprint density at radius 1 is 1.19 bits per heavy atom. The molecular weight excluding hydrogens is 362 g/mol. The Hall–Kier alpha value is -2.42. The highest BCUT2D eigenvalue weighted by Gasteiger charge is 2.23. The normalized spacial score (nSPS) is 11.8. The second-order valence-corrected chi connectivity index (χ2v) is 5.79. The second-order valence-electron chi connectivity index (χ2n) is 5.36. The maximum absolute atomic E-state index is 11.6. The van der Waals surface area contributed by atoms with Gasteiger partial charge in [-0.25, -0.2) is 0 Å². The third kappa shape index (κ3) is 4.60. The van der Waals surface area contributed by atoms with Gasteiger partial charge in [-0.3, -0.25) is 4.79 Å². The van der Waals surface area contributed by atoms with Crippen molar-refractivity contribution in [3.05, 3.63) is 40.2 Å². The lowest BCUT2D eigenvalue weighted by Crippen LogP contribution is -2.15. The first-order valence-electron chi connectivity index (χ1n) is 7.63. The smallest absolute Gasteiger partial charge is 0.221 e. The lowest BCUT2D eigenvalue weighted by atomic mass is 10.0. The average molecular weight is 382 g/mol. The van der Waals surface area contributed by atoms with E-state index in [1.165, 1.54) is 40.4 Å². The minimum atomic E-state index is -1.28. The van der Waals surface area contributed by atoms with Gasteiger partial charge >= 0.3 is 0 Å². The number of aliphatic hydroxyl groups excluding tert-OH is 1. The molecule has 2 aromatic rings. The van der Waals surface area contributed by atoms with Crippen molar-refractivity contribution in [3.8, 4) is 11.8 Å². The van der Waals surface area contributed by atoms with E-state index in [9.17, 15) is 9.90 Å². The van der Waals surface area contributed by atoms with Crippen molar-refractivity contribution in [3.63, 3.8) is 0 Å². The van der Waals surface area contributed by atoms with Gasteiger partial charge in [-0.05, 0) is 12.1 Å². The zero-order valence-corrected chi connectivity index (χ0v) is 15.6. The molecular formula is C17H20ClN3O5. The number of aliphatic hydroxyl groups is 1. The Kier molecular flexibility index (Phi) is 6.73. The van der Waals surface area contributed by atoms with Crippen LogP contribution in [0.3, 0.4) is 0 Å². The van der Waals surface area contributed by atoms with E-state index in [2.05, 4.69) is 15.3 Å². The average Bonchev–Trinajstić information content (AvgIpc) is 2.62. The van der Waals surface area contributed by atoms with Crippen LogP contribution in [0.1, 0.15) is 30.0 Å². The van der Waals surface area contributed by atoms with Crippen LogP contribution in [0.5, 0.6) is 11.8 Å². The van der Waals surface area contributed by atoms with Crippen LogP contribution in [0.25, 0.3) is 0 Å². The molecule has 0 radical (unpaired) electrons. The van der Waals surface area contributed by atoms with Crippen LogP contribution in [-0.4, -0.2) is 42.3 Å². The SMILES string of the molecule is COCc1cc(Cl)cc(C(O)c2nc(OC)cc(OC)n2)c1NC(C)=O. The molecule has 0 bridgehead atoms. The van der Waals surface area contributed by atoms with Crippen molar-refractivity contribution in [1.29, 1.82) is 0 Å². The van der Waals surface area contributed by atoms with Gasteiger partial charge in [-0.2, -0.15) is 9.97 Å². The first-order valence-corrected chi connectivity index (χ1v) is 8.01. The van der Waals surface area contributed by atoms with Crippen molar-refractivity contribution < 1.29 is 24.1 Å². The summed E-state index contributed by atoms with van der Waals surface area (Å²) >= 11 is 6.17. The minimum Gasteiger partial charge on any atom is -0.481 e. The van der Waals surface area contributed by atoms with Gasteiger partial charge in [0.05, 0.1) is 32.6 Å². The largest absolute Gasteiger partial charge is 0.481 e. The quantitative estimate of drug-likeness (QED) is 0.758. The highest BCUT2D eigenvalue weighted by molar-refractivity contribution is 6.30. The van der Waals surface area contributed by atoms with Gasteiger partial charge in [-0.15, -0.1) is 0 Å². The molecule has 140 valence electrons. The molecule has 1 amide bonds. The molecule has 26 heavy (non-hydrogen) atoms. The number of amides is 1. The van der Waals surface area contributed by atoms with Gasteiger partial charge in [0.15, 0.2) is 5.82 Å². The van der Waals surface area contributed by atoms with Crippen LogP contribution in [0.4, 0.5) is 5.69 Å². The fraction of sp³-hybridized carbons (Fsp3) is 0.353. The summed E-state index contributed by atoms with van der Waals surface area (Å²) in [6.07, 6.45) is -1.28. The van der Waals surface area contributed by atoms with E-state index in [1.54, 1.807) is 6.07 Å². The molecule has 2 N–H and O–H groups in total. The van der Waals surface area contributed by atoms with Crippen molar-refractivity contribution in [2.24, 2.45) is 0 Å². The summed E-state index contributed by atoms with van der Waals surface area (Å²) in [5.74, 6) is 0.193. The van der Waals surface area contributed by atoms with Gasteiger partial charge in [0.2, 0.25) is 17.7 Å². The van der Waals surface area contributed by atoms with E-state index in [1.807, 2.05) is 0 Å². The Morgan fingerprint density at radius 2 is 1.81 bits per heavy atom. The molecule has 1 unspecified atom stereocenters. The van der Waals surface area contributed by atoms with Gasteiger partial charge in [0.25, 0.3) is 0 Å². The Morgan fingerprint density at radius 3 is 2.31 bits per heavy atom. The number of rotatable bonds is 7. The number of hydrogen-bond acceptors (Lipinski definition) is 7. The highest BCUT2D eigenvalue weighted by atomic mass is 35.5. The second kappa shape index (κ2) is 8.79. The van der Waals surface area contributed by atoms with Crippen molar-refractivity contribution in [2.45, 2.75) is 19.6 Å². The lowest BCUT2D eigenvalue weighted by Gasteiger charge is -2.19. The summed E-state index contributed by atoms with van der Waals surface area (Å²) in [4.78, 5) is 19.9. The predicted octanol–water partition coefficient (Wildman–Crippen LogP) is 2.33. The number of halogens is 1. The predicted molar refractivity (Wildman–Crippen MR) is 95.7 cm³/mol. The van der Waals surface area contributed by atoms with E-state index in [-0.39, 0.29) is 30.1 Å². The maximum Gasteiger partial charge on any atom is 0.221 e. The number of carbonyl (C=O) groups excluding carboxylic acids is 1. The fourth-order valence-electron chi connectivity index (χ4n) is 2.39. The number of anilines is 1. The number of hydrogen-bond donors (Lipinski definition) is 2. The number of methoxy groups -OCH3 is 3. The molecule has 0 aliphatic rings. The lowest BCUT2D eigenvalue weighted by molar-refractivity contribution is -0.114. The summed E-state index contributed by atoms with van der Waals surface area (Å²) in [5.41, 5.74) is 1.33. The van der Waals surface area contributed by atoms with Gasteiger partial charge in [-0.1, -0.05) is 11.6 Å². The van der Waals surface area contributed by atoms with Crippen LogP contribution in [0, 0.1) is 0 Å². The van der Waals surface area contributed by atoms with Gasteiger partial charge in [0.1, 0.15) is 6.10 Å². The number of nitrogens with one attached hydrogen (secondary N) is 1. The monoisotopic (exact) mass is 381 g/mol. The maximum atomic E-state index is 11.6. The minimum absolute atomic E-state index is 0.0402. The van der Waals surface area contributed by atoms with Crippen molar-refractivity contribution in [2.75, 3.05) is 26.6 Å². The number of nitrogens with zero attached hydrogens (tertiary/aromatic N) is 2. The van der Waals surface area contributed by atoms with Crippen molar-refractivity contribution in [1.82, 2.24) is 9.97 Å². The van der Waals surface area contributed by atoms with Crippen LogP contribution in [0.2, 0.25) is 5.02 Å². The molecule has 9 heteroatoms. The van der Waals surface area contributed by atoms with E-state index < -0.39 is 6.10 Å². The number of benzene rings is 1. The molecule has 1 aromatic carbocycles. The molecule has 2 rings (SSSR count). The summed E-state index contributed by atoms with van der Waals surface area (Å²) in [6, 6.07) is 4.67. The Bertz CT molecular complexity index is 778. The third-order valence-electron chi connectivity index (χ3n) is 3.47. The van der Waals surface area contributed by atoms with Crippen molar-refractivity contribution >= 4 is 23.2 Å². The molecule has 0 aliphatic carbocycles. The first kappa shape index (κ1) is 19.9. The Balaban J connectivity index is 2.60. The molecule has 0 fully saturated rings. The summed E-state index contributed by atoms with van der Waals surface area (Å²) in [6.45, 7) is 1.56. The molecule has 1 atom stereocenters. The van der Waals surface area contributed by atoms with E-state index in [4.69, 9.17) is 25.8 Å². The summed E-state index contributed by atoms with van der Waals surface area (Å²) in [5, 5.41) is 13.9. The molecule has 8 nitrogen and oxygen atoms in total. The zero-order valence-electron chi connectivity index (χ0n) is 14.9. The van der Waals surface area contributed by atoms with Gasteiger partial charge in [0, 0.05) is 30.2 Å². The molecule has 0 spiro atoms. The Labute approximate surface area is 156 Å². The van der Waals surface area contributed by atoms with Crippen LogP contribution in [-0.2, 0) is 16.1 Å². The number of aromatic nitrogens is 2. The summed E-state index contributed by atoms with van der Waals surface area (Å²) < 4.78 is 15.4.